The summed E-state index contributed by atoms with van der Waals surface area (Å²) in [6.45, 7) is 1.83. The molecule has 0 bridgehead atoms. The van der Waals surface area contributed by atoms with Crippen LogP contribution in [0.5, 0.6) is 0 Å². The number of aryl methyl sites for hydroxylation is 1. The fraction of sp³-hybridized carbons (Fsp3) is 0.0909. The van der Waals surface area contributed by atoms with E-state index in [9.17, 15) is 5.21 Å². The van der Waals surface area contributed by atoms with Crippen LogP contribution < -0.4 is 4.85 Å². The summed E-state index contributed by atoms with van der Waals surface area (Å²) >= 11 is 0. The summed E-state index contributed by atoms with van der Waals surface area (Å²) in [6.07, 6.45) is 1.41. The molecule has 1 heterocycles. The standard InChI is InChI=1S/C11H10N2O/c1-9-11(7-8-13(14)12-9)10-5-3-2-4-6-10/h2-8H,1H3. The first kappa shape index (κ1) is 8.69. The van der Waals surface area contributed by atoms with Crippen molar-refractivity contribution in [1.29, 1.82) is 0 Å². The highest BCUT2D eigenvalue weighted by molar-refractivity contribution is 5.64. The minimum atomic E-state index is 0.571. The van der Waals surface area contributed by atoms with E-state index in [4.69, 9.17) is 0 Å². The molecule has 14 heavy (non-hydrogen) atoms. The average molecular weight is 186 g/mol. The third-order valence-corrected chi connectivity index (χ3v) is 2.09. The molecule has 0 saturated heterocycles. The van der Waals surface area contributed by atoms with E-state index in [-0.39, 0.29) is 0 Å². The average Bonchev–Trinajstić information content (AvgIpc) is 2.19. The van der Waals surface area contributed by atoms with Crippen LogP contribution in [0.15, 0.2) is 42.6 Å². The third kappa shape index (κ3) is 1.57. The van der Waals surface area contributed by atoms with Gasteiger partial charge in [-0.15, -0.1) is 0 Å². The van der Waals surface area contributed by atoms with Gasteiger partial charge in [-0.3, -0.25) is 0 Å². The van der Waals surface area contributed by atoms with Crippen LogP contribution in [0.2, 0.25) is 0 Å². The SMILES string of the molecule is Cc1n[n+]([O-])ccc1-c1ccccc1. The molecule has 3 heteroatoms. The van der Waals surface area contributed by atoms with E-state index in [0.717, 1.165) is 16.8 Å². The molecule has 1 aromatic carbocycles. The Morgan fingerprint density at radius 2 is 1.86 bits per heavy atom. The molecule has 2 aromatic rings. The molecule has 3 nitrogen and oxygen atoms in total. The van der Waals surface area contributed by atoms with Gasteiger partial charge in [0.2, 0.25) is 6.20 Å². The Kier molecular flexibility index (Phi) is 2.14. The summed E-state index contributed by atoms with van der Waals surface area (Å²) in [6, 6.07) is 11.7. The maximum atomic E-state index is 10.9. The summed E-state index contributed by atoms with van der Waals surface area (Å²) in [5, 5.41) is 14.7. The van der Waals surface area contributed by atoms with Crippen LogP contribution in [0.25, 0.3) is 11.1 Å². The largest absolute Gasteiger partial charge is 0.594 e. The zero-order chi connectivity index (χ0) is 9.97. The first-order valence-corrected chi connectivity index (χ1v) is 4.40. The number of benzene rings is 1. The van der Waals surface area contributed by atoms with E-state index in [1.54, 1.807) is 6.07 Å². The molecule has 70 valence electrons. The van der Waals surface area contributed by atoms with Gasteiger partial charge in [-0.2, -0.15) is 0 Å². The van der Waals surface area contributed by atoms with Crippen LogP contribution in [-0.2, 0) is 0 Å². The fourth-order valence-corrected chi connectivity index (χ4v) is 1.42. The van der Waals surface area contributed by atoms with Crippen LogP contribution in [-0.4, -0.2) is 5.10 Å². The molecule has 0 N–H and O–H groups in total. The van der Waals surface area contributed by atoms with Gasteiger partial charge in [0.25, 0.3) is 0 Å². The van der Waals surface area contributed by atoms with Gasteiger partial charge >= 0.3 is 0 Å². The second kappa shape index (κ2) is 3.46. The molecule has 0 spiro atoms. The Morgan fingerprint density at radius 1 is 1.14 bits per heavy atom. The van der Waals surface area contributed by atoms with Gasteiger partial charge in [0.15, 0.2) is 0 Å². The second-order valence-corrected chi connectivity index (χ2v) is 3.08. The Morgan fingerprint density at radius 3 is 2.50 bits per heavy atom. The van der Waals surface area contributed by atoms with Crippen molar-refractivity contribution in [3.05, 3.63) is 53.5 Å². The first-order valence-electron chi connectivity index (χ1n) is 4.40. The smallest absolute Gasteiger partial charge is 0.210 e. The monoisotopic (exact) mass is 186 g/mol. The molecule has 0 unspecified atom stereocenters. The molecule has 0 saturated carbocycles. The molecule has 0 atom stereocenters. The van der Waals surface area contributed by atoms with Gasteiger partial charge < -0.3 is 5.21 Å². The molecule has 0 radical (unpaired) electrons. The van der Waals surface area contributed by atoms with Crippen LogP contribution in [0.1, 0.15) is 5.69 Å². The number of rotatable bonds is 1. The molecule has 0 aliphatic carbocycles. The Bertz CT molecular complexity index is 440. The van der Waals surface area contributed by atoms with E-state index in [1.807, 2.05) is 37.3 Å². The minimum absolute atomic E-state index is 0.571. The lowest BCUT2D eigenvalue weighted by atomic mass is 10.1. The highest BCUT2D eigenvalue weighted by Gasteiger charge is 2.05. The van der Waals surface area contributed by atoms with Crippen molar-refractivity contribution in [2.75, 3.05) is 0 Å². The molecule has 2 rings (SSSR count). The molecular formula is C11H10N2O. The van der Waals surface area contributed by atoms with Crippen molar-refractivity contribution in [3.63, 3.8) is 0 Å². The zero-order valence-electron chi connectivity index (χ0n) is 7.84. The first-order chi connectivity index (χ1) is 6.77. The van der Waals surface area contributed by atoms with E-state index < -0.39 is 0 Å². The van der Waals surface area contributed by atoms with Crippen LogP contribution in [0.4, 0.5) is 0 Å². The second-order valence-electron chi connectivity index (χ2n) is 3.08. The lowest BCUT2D eigenvalue weighted by Gasteiger charge is -2.02. The van der Waals surface area contributed by atoms with Crippen molar-refractivity contribution in [1.82, 2.24) is 5.10 Å². The van der Waals surface area contributed by atoms with Gasteiger partial charge in [-0.25, -0.2) is 0 Å². The summed E-state index contributed by atoms with van der Waals surface area (Å²) < 4.78 is 0. The van der Waals surface area contributed by atoms with Crippen molar-refractivity contribution in [3.8, 4) is 11.1 Å². The quantitative estimate of drug-likeness (QED) is 0.502. The van der Waals surface area contributed by atoms with Gasteiger partial charge in [0, 0.05) is 16.7 Å². The van der Waals surface area contributed by atoms with E-state index in [2.05, 4.69) is 5.10 Å². The normalized spacial score (nSPS) is 10.1. The summed E-state index contributed by atoms with van der Waals surface area (Å²) in [7, 11) is 0. The van der Waals surface area contributed by atoms with Crippen molar-refractivity contribution in [2.24, 2.45) is 0 Å². The van der Waals surface area contributed by atoms with Crippen LogP contribution in [0, 0.1) is 12.1 Å². The minimum Gasteiger partial charge on any atom is -0.594 e. The van der Waals surface area contributed by atoms with Crippen molar-refractivity contribution in [2.45, 2.75) is 6.92 Å². The molecular weight excluding hydrogens is 176 g/mol. The number of nitrogens with zero attached hydrogens (tertiary/aromatic N) is 2. The maximum absolute atomic E-state index is 10.9. The fourth-order valence-electron chi connectivity index (χ4n) is 1.42. The predicted molar refractivity (Wildman–Crippen MR) is 53.4 cm³/mol. The van der Waals surface area contributed by atoms with Gasteiger partial charge in [0.05, 0.1) is 0 Å². The summed E-state index contributed by atoms with van der Waals surface area (Å²) in [4.78, 5) is 0.571. The third-order valence-electron chi connectivity index (χ3n) is 2.09. The van der Waals surface area contributed by atoms with Crippen LogP contribution in [0.3, 0.4) is 0 Å². The summed E-state index contributed by atoms with van der Waals surface area (Å²) in [5.41, 5.74) is 2.82. The zero-order valence-corrected chi connectivity index (χ0v) is 7.84. The molecule has 0 amide bonds. The van der Waals surface area contributed by atoms with Crippen molar-refractivity contribution < 1.29 is 4.85 Å². The van der Waals surface area contributed by atoms with E-state index >= 15 is 0 Å². The van der Waals surface area contributed by atoms with Gasteiger partial charge in [-0.05, 0) is 12.5 Å². The lowest BCUT2D eigenvalue weighted by Crippen LogP contribution is -2.30. The molecule has 1 aromatic heterocycles. The maximum Gasteiger partial charge on any atom is 0.210 e. The summed E-state index contributed by atoms with van der Waals surface area (Å²) in [5.74, 6) is 0. The molecule has 0 fully saturated rings. The molecule has 0 aliphatic heterocycles. The molecule has 0 aliphatic rings. The number of hydrogen-bond acceptors (Lipinski definition) is 2. The Hall–Kier alpha value is -1.90. The Labute approximate surface area is 82.2 Å². The van der Waals surface area contributed by atoms with Gasteiger partial charge in [0.1, 0.15) is 5.69 Å². The van der Waals surface area contributed by atoms with Crippen LogP contribution >= 0.6 is 0 Å². The Balaban J connectivity index is 2.53. The lowest BCUT2D eigenvalue weighted by molar-refractivity contribution is -0.669. The highest BCUT2D eigenvalue weighted by Crippen LogP contribution is 2.19. The topological polar surface area (TPSA) is 39.8 Å². The van der Waals surface area contributed by atoms with E-state index in [1.165, 1.54) is 6.20 Å². The van der Waals surface area contributed by atoms with Gasteiger partial charge in [-0.1, -0.05) is 35.2 Å². The highest BCUT2D eigenvalue weighted by atomic mass is 16.5. The predicted octanol–water partition coefficient (Wildman–Crippen LogP) is 1.69. The number of aromatic nitrogens is 2. The van der Waals surface area contributed by atoms with E-state index in [0.29, 0.717) is 4.85 Å². The number of hydrogen-bond donors (Lipinski definition) is 0. The van der Waals surface area contributed by atoms with Crippen molar-refractivity contribution >= 4 is 0 Å².